The Morgan fingerprint density at radius 2 is 1.85 bits per heavy atom. The first-order valence-electron chi connectivity index (χ1n) is 7.70. The molecule has 7 nitrogen and oxygen atoms in total. The molecule has 0 spiro atoms. The van der Waals surface area contributed by atoms with Crippen molar-refractivity contribution in [1.29, 1.82) is 0 Å². The maximum absolute atomic E-state index is 12.4. The quantitative estimate of drug-likeness (QED) is 0.683. The molecule has 3 rings (SSSR count). The van der Waals surface area contributed by atoms with Crippen molar-refractivity contribution >= 4 is 28.5 Å². The zero-order valence-corrected chi connectivity index (χ0v) is 13.8. The van der Waals surface area contributed by atoms with E-state index in [1.165, 1.54) is 13.2 Å². The second-order valence-electron chi connectivity index (χ2n) is 5.57. The molecular weight excluding hydrogens is 338 g/mol. The van der Waals surface area contributed by atoms with Crippen molar-refractivity contribution in [3.8, 4) is 5.75 Å². The van der Waals surface area contributed by atoms with Gasteiger partial charge in [-0.15, -0.1) is 0 Å². The third-order valence-electron chi connectivity index (χ3n) is 3.75. The van der Waals surface area contributed by atoms with Crippen LogP contribution in [0.15, 0.2) is 57.7 Å². The summed E-state index contributed by atoms with van der Waals surface area (Å²) in [7, 11) is 1.52. The first-order valence-corrected chi connectivity index (χ1v) is 7.70. The van der Waals surface area contributed by atoms with E-state index in [9.17, 15) is 14.4 Å². The summed E-state index contributed by atoms with van der Waals surface area (Å²) >= 11 is 0. The molecule has 0 aliphatic rings. The van der Waals surface area contributed by atoms with Gasteiger partial charge in [-0.1, -0.05) is 12.1 Å². The third-order valence-corrected chi connectivity index (χ3v) is 3.75. The van der Waals surface area contributed by atoms with Gasteiger partial charge in [-0.2, -0.15) is 0 Å². The summed E-state index contributed by atoms with van der Waals surface area (Å²) in [5.41, 5.74) is 0.510. The van der Waals surface area contributed by atoms with Gasteiger partial charge in [-0.3, -0.25) is 9.59 Å². The predicted molar refractivity (Wildman–Crippen MR) is 94.8 cm³/mol. The fourth-order valence-corrected chi connectivity index (χ4v) is 2.47. The van der Waals surface area contributed by atoms with Gasteiger partial charge >= 0.3 is 11.6 Å². The van der Waals surface area contributed by atoms with Gasteiger partial charge in [0.1, 0.15) is 16.9 Å². The highest BCUT2D eigenvalue weighted by Gasteiger charge is 2.14. The molecule has 3 aromatic rings. The molecule has 0 saturated carbocycles. The average Bonchev–Trinajstić information content (AvgIpc) is 2.62. The highest BCUT2D eigenvalue weighted by Crippen LogP contribution is 2.20. The Hall–Kier alpha value is -3.61. The van der Waals surface area contributed by atoms with Gasteiger partial charge in [0.2, 0.25) is 0 Å². The van der Waals surface area contributed by atoms with Gasteiger partial charge in [0.15, 0.2) is 0 Å². The fraction of sp³-hybridized carbons (Fsp3) is 0.105. The molecule has 1 aromatic heterocycles. The predicted octanol–water partition coefficient (Wildman–Crippen LogP) is 2.68. The number of hydrogen-bond donors (Lipinski definition) is 2. The van der Waals surface area contributed by atoms with Crippen LogP contribution in [0.25, 0.3) is 11.0 Å². The third kappa shape index (κ3) is 3.72. The van der Waals surface area contributed by atoms with Crippen LogP contribution in [0.4, 0.5) is 5.69 Å². The standard InChI is InChI=1S/C19H15NO6/c1-25-14-6-7-16-12(9-14)10-15(19(24)26-16)18(23)20-13-4-2-11(3-5-13)8-17(21)22/h2-7,9-10H,8H2,1H3,(H,20,23)(H,21,22). The smallest absolute Gasteiger partial charge is 0.349 e. The van der Waals surface area contributed by atoms with E-state index in [4.69, 9.17) is 14.3 Å². The van der Waals surface area contributed by atoms with E-state index in [0.29, 0.717) is 28.0 Å². The van der Waals surface area contributed by atoms with Gasteiger partial charge in [0.05, 0.1) is 13.5 Å². The second kappa shape index (κ2) is 7.10. The van der Waals surface area contributed by atoms with Crippen molar-refractivity contribution in [3.63, 3.8) is 0 Å². The normalized spacial score (nSPS) is 10.5. The molecule has 2 N–H and O–H groups in total. The van der Waals surface area contributed by atoms with Crippen LogP contribution in [0, 0.1) is 0 Å². The Balaban J connectivity index is 1.86. The molecule has 1 heterocycles. The number of carboxylic acids is 1. The SMILES string of the molecule is COc1ccc2oc(=O)c(C(=O)Nc3ccc(CC(=O)O)cc3)cc2c1. The Bertz CT molecular complexity index is 1040. The molecule has 2 aromatic carbocycles. The van der Waals surface area contributed by atoms with Crippen molar-refractivity contribution < 1.29 is 23.8 Å². The van der Waals surface area contributed by atoms with Gasteiger partial charge < -0.3 is 19.6 Å². The number of hydrogen-bond acceptors (Lipinski definition) is 5. The van der Waals surface area contributed by atoms with E-state index in [2.05, 4.69) is 5.32 Å². The molecule has 0 fully saturated rings. The summed E-state index contributed by atoms with van der Waals surface area (Å²) in [6, 6.07) is 12.7. The highest BCUT2D eigenvalue weighted by molar-refractivity contribution is 6.05. The summed E-state index contributed by atoms with van der Waals surface area (Å²) in [6.07, 6.45) is -0.107. The first-order chi connectivity index (χ1) is 12.5. The van der Waals surface area contributed by atoms with Gasteiger partial charge in [-0.25, -0.2) is 4.79 Å². The monoisotopic (exact) mass is 353 g/mol. The molecule has 0 aliphatic heterocycles. The van der Waals surface area contributed by atoms with Crippen LogP contribution in [0.3, 0.4) is 0 Å². The minimum Gasteiger partial charge on any atom is -0.497 e. The molecule has 7 heteroatoms. The van der Waals surface area contributed by atoms with Crippen LogP contribution in [-0.4, -0.2) is 24.1 Å². The molecule has 26 heavy (non-hydrogen) atoms. The summed E-state index contributed by atoms with van der Waals surface area (Å²) in [6.45, 7) is 0. The Morgan fingerprint density at radius 3 is 2.50 bits per heavy atom. The van der Waals surface area contributed by atoms with Gasteiger partial charge in [-0.05, 0) is 42.0 Å². The minimum atomic E-state index is -0.939. The number of aliphatic carboxylic acids is 1. The summed E-state index contributed by atoms with van der Waals surface area (Å²) in [5, 5.41) is 11.9. The zero-order valence-electron chi connectivity index (χ0n) is 13.8. The van der Waals surface area contributed by atoms with Crippen LogP contribution in [0.5, 0.6) is 5.75 Å². The van der Waals surface area contributed by atoms with Crippen LogP contribution in [0.1, 0.15) is 15.9 Å². The lowest BCUT2D eigenvalue weighted by molar-refractivity contribution is -0.136. The minimum absolute atomic E-state index is 0.107. The van der Waals surface area contributed by atoms with Crippen molar-refractivity contribution in [1.82, 2.24) is 0 Å². The number of rotatable bonds is 5. The van der Waals surface area contributed by atoms with E-state index in [1.54, 1.807) is 42.5 Å². The maximum Gasteiger partial charge on any atom is 0.349 e. The van der Waals surface area contributed by atoms with E-state index >= 15 is 0 Å². The van der Waals surface area contributed by atoms with Crippen LogP contribution < -0.4 is 15.7 Å². The molecule has 0 aliphatic carbocycles. The molecule has 0 unspecified atom stereocenters. The topological polar surface area (TPSA) is 106 Å². The van der Waals surface area contributed by atoms with E-state index in [0.717, 1.165) is 0 Å². The average molecular weight is 353 g/mol. The molecule has 132 valence electrons. The maximum atomic E-state index is 12.4. The summed E-state index contributed by atoms with van der Waals surface area (Å²) in [5.74, 6) is -0.979. The molecule has 1 amide bonds. The van der Waals surface area contributed by atoms with Crippen molar-refractivity contribution in [2.24, 2.45) is 0 Å². The molecule has 0 atom stereocenters. The highest BCUT2D eigenvalue weighted by atomic mass is 16.5. The van der Waals surface area contributed by atoms with Crippen molar-refractivity contribution in [3.05, 3.63) is 70.1 Å². The first kappa shape index (κ1) is 17.2. The van der Waals surface area contributed by atoms with Gasteiger partial charge in [0, 0.05) is 11.1 Å². The number of amides is 1. The summed E-state index contributed by atoms with van der Waals surface area (Å²) < 4.78 is 10.3. The number of ether oxygens (including phenoxy) is 1. The Morgan fingerprint density at radius 1 is 1.12 bits per heavy atom. The number of carbonyl (C=O) groups is 2. The fourth-order valence-electron chi connectivity index (χ4n) is 2.47. The van der Waals surface area contributed by atoms with E-state index in [-0.39, 0.29) is 12.0 Å². The van der Waals surface area contributed by atoms with Crippen molar-refractivity contribution in [2.45, 2.75) is 6.42 Å². The van der Waals surface area contributed by atoms with Crippen LogP contribution in [-0.2, 0) is 11.2 Å². The lowest BCUT2D eigenvalue weighted by Crippen LogP contribution is -2.20. The number of anilines is 1. The largest absolute Gasteiger partial charge is 0.497 e. The van der Waals surface area contributed by atoms with Crippen LogP contribution >= 0.6 is 0 Å². The molecular formula is C19H15NO6. The second-order valence-corrected chi connectivity index (χ2v) is 5.57. The molecule has 0 saturated heterocycles. The molecule has 0 radical (unpaired) electrons. The van der Waals surface area contributed by atoms with Crippen molar-refractivity contribution in [2.75, 3.05) is 12.4 Å². The zero-order chi connectivity index (χ0) is 18.7. The van der Waals surface area contributed by atoms with Gasteiger partial charge in [0.25, 0.3) is 5.91 Å². The van der Waals surface area contributed by atoms with Crippen LogP contribution in [0.2, 0.25) is 0 Å². The number of benzene rings is 2. The lowest BCUT2D eigenvalue weighted by Gasteiger charge is -2.07. The van der Waals surface area contributed by atoms with E-state index < -0.39 is 17.5 Å². The summed E-state index contributed by atoms with van der Waals surface area (Å²) in [4.78, 5) is 35.2. The Labute approximate surface area is 147 Å². The van der Waals surface area contributed by atoms with E-state index in [1.807, 2.05) is 0 Å². The molecule has 0 bridgehead atoms. The Kier molecular flexibility index (Phi) is 4.70. The number of carboxylic acid groups (broad SMARTS) is 1. The number of fused-ring (bicyclic) bond motifs is 1. The number of methoxy groups -OCH3 is 1. The lowest BCUT2D eigenvalue weighted by atomic mass is 10.1. The number of carbonyl (C=O) groups excluding carboxylic acids is 1. The number of nitrogens with one attached hydrogen (secondary N) is 1.